The molecular weight excluding hydrogens is 310 g/mol. The average Bonchev–Trinajstić information content (AvgIpc) is 3.00. The second-order valence-corrected chi connectivity index (χ2v) is 6.52. The predicted molar refractivity (Wildman–Crippen MR) is 103 cm³/mol. The molecule has 1 N–H and O–H groups in total. The SMILES string of the molecule is COc1ccc(Cn2c(CCCCCCO)cc3ccccc32)cc1. The van der Waals surface area contributed by atoms with Crippen molar-refractivity contribution >= 4 is 10.9 Å². The largest absolute Gasteiger partial charge is 0.497 e. The first-order valence-electron chi connectivity index (χ1n) is 9.13. The van der Waals surface area contributed by atoms with E-state index in [1.165, 1.54) is 35.0 Å². The fraction of sp³-hybridized carbons (Fsp3) is 0.364. The minimum atomic E-state index is 0.303. The normalized spacial score (nSPS) is 11.1. The summed E-state index contributed by atoms with van der Waals surface area (Å²) in [7, 11) is 1.70. The average molecular weight is 337 g/mol. The standard InChI is InChI=1S/C22H27NO2/c1-25-21-13-11-18(12-14-21)17-23-20(9-4-2-3-7-15-24)16-19-8-5-6-10-22(19)23/h5-6,8,10-14,16,24H,2-4,7,9,15,17H2,1H3. The molecule has 1 heterocycles. The molecular formula is C22H27NO2. The van der Waals surface area contributed by atoms with Gasteiger partial charge in [0.15, 0.2) is 0 Å². The van der Waals surface area contributed by atoms with E-state index >= 15 is 0 Å². The van der Waals surface area contributed by atoms with Crippen LogP contribution in [0.15, 0.2) is 54.6 Å². The van der Waals surface area contributed by atoms with Gasteiger partial charge in [-0.25, -0.2) is 0 Å². The summed E-state index contributed by atoms with van der Waals surface area (Å²) in [4.78, 5) is 0. The molecule has 0 saturated carbocycles. The third-order valence-corrected chi connectivity index (χ3v) is 4.74. The van der Waals surface area contributed by atoms with Gasteiger partial charge in [-0.15, -0.1) is 0 Å². The van der Waals surface area contributed by atoms with Gasteiger partial charge in [-0.1, -0.05) is 43.2 Å². The molecule has 0 amide bonds. The molecule has 0 aliphatic heterocycles. The summed E-state index contributed by atoms with van der Waals surface area (Å²) in [5, 5.41) is 10.2. The summed E-state index contributed by atoms with van der Waals surface area (Å²) in [5.41, 5.74) is 3.97. The lowest BCUT2D eigenvalue weighted by Gasteiger charge is -2.12. The number of benzene rings is 2. The van der Waals surface area contributed by atoms with E-state index in [9.17, 15) is 0 Å². The highest BCUT2D eigenvalue weighted by molar-refractivity contribution is 5.81. The number of hydrogen-bond donors (Lipinski definition) is 1. The Kier molecular flexibility index (Phi) is 6.13. The lowest BCUT2D eigenvalue weighted by molar-refractivity contribution is 0.282. The summed E-state index contributed by atoms with van der Waals surface area (Å²) in [5.74, 6) is 0.894. The zero-order valence-corrected chi connectivity index (χ0v) is 14.9. The Balaban J connectivity index is 1.79. The van der Waals surface area contributed by atoms with Crippen molar-refractivity contribution in [2.45, 2.75) is 38.6 Å². The van der Waals surface area contributed by atoms with Gasteiger partial charge in [0.25, 0.3) is 0 Å². The first kappa shape index (κ1) is 17.6. The Hall–Kier alpha value is -2.26. The van der Waals surface area contributed by atoms with Gasteiger partial charge in [0.1, 0.15) is 5.75 Å². The number of methoxy groups -OCH3 is 1. The number of aromatic nitrogens is 1. The van der Waals surface area contributed by atoms with Crippen molar-refractivity contribution in [3.63, 3.8) is 0 Å². The van der Waals surface area contributed by atoms with Crippen LogP contribution in [0.4, 0.5) is 0 Å². The monoisotopic (exact) mass is 337 g/mol. The zero-order chi connectivity index (χ0) is 17.5. The molecule has 2 aromatic carbocycles. The van der Waals surface area contributed by atoms with E-state index in [4.69, 9.17) is 9.84 Å². The highest BCUT2D eigenvalue weighted by atomic mass is 16.5. The highest BCUT2D eigenvalue weighted by Crippen LogP contribution is 2.23. The van der Waals surface area contributed by atoms with Gasteiger partial charge in [0.05, 0.1) is 7.11 Å². The molecule has 0 fully saturated rings. The van der Waals surface area contributed by atoms with Crippen molar-refractivity contribution in [1.29, 1.82) is 0 Å². The van der Waals surface area contributed by atoms with Crippen molar-refractivity contribution in [3.8, 4) is 5.75 Å². The van der Waals surface area contributed by atoms with Crippen molar-refractivity contribution in [2.75, 3.05) is 13.7 Å². The van der Waals surface area contributed by atoms with Crippen LogP contribution < -0.4 is 4.74 Å². The van der Waals surface area contributed by atoms with Crippen LogP contribution in [-0.2, 0) is 13.0 Å². The minimum Gasteiger partial charge on any atom is -0.497 e. The Morgan fingerprint density at radius 2 is 1.68 bits per heavy atom. The molecule has 0 aliphatic carbocycles. The number of para-hydroxylation sites is 1. The molecule has 3 rings (SSSR count). The molecule has 0 spiro atoms. The maximum absolute atomic E-state index is 8.91. The molecule has 0 saturated heterocycles. The van der Waals surface area contributed by atoms with E-state index in [0.717, 1.165) is 31.6 Å². The van der Waals surface area contributed by atoms with Crippen LogP contribution in [0.1, 0.15) is 36.9 Å². The molecule has 25 heavy (non-hydrogen) atoms. The molecule has 3 aromatic rings. The second kappa shape index (κ2) is 8.72. The van der Waals surface area contributed by atoms with E-state index in [1.54, 1.807) is 7.11 Å². The summed E-state index contributed by atoms with van der Waals surface area (Å²) in [6, 6.07) is 19.2. The second-order valence-electron chi connectivity index (χ2n) is 6.52. The fourth-order valence-electron chi connectivity index (χ4n) is 3.35. The van der Waals surface area contributed by atoms with Gasteiger partial charge < -0.3 is 14.4 Å². The maximum atomic E-state index is 8.91. The number of hydrogen-bond acceptors (Lipinski definition) is 2. The Morgan fingerprint density at radius 1 is 0.920 bits per heavy atom. The smallest absolute Gasteiger partial charge is 0.118 e. The molecule has 3 heteroatoms. The molecule has 0 bridgehead atoms. The number of nitrogens with zero attached hydrogens (tertiary/aromatic N) is 1. The lowest BCUT2D eigenvalue weighted by Crippen LogP contribution is -2.04. The van der Waals surface area contributed by atoms with Crippen LogP contribution in [0.2, 0.25) is 0 Å². The molecule has 132 valence electrons. The number of ether oxygens (including phenoxy) is 1. The minimum absolute atomic E-state index is 0.303. The molecule has 1 aromatic heterocycles. The maximum Gasteiger partial charge on any atom is 0.118 e. The van der Waals surface area contributed by atoms with E-state index < -0.39 is 0 Å². The lowest BCUT2D eigenvalue weighted by atomic mass is 10.1. The predicted octanol–water partition coefficient (Wildman–Crippen LogP) is 4.79. The van der Waals surface area contributed by atoms with Crippen LogP contribution in [0.5, 0.6) is 5.75 Å². The molecule has 0 unspecified atom stereocenters. The van der Waals surface area contributed by atoms with Gasteiger partial charge in [-0.05, 0) is 54.5 Å². The number of aliphatic hydroxyl groups is 1. The Morgan fingerprint density at radius 3 is 2.44 bits per heavy atom. The molecule has 0 aliphatic rings. The number of aryl methyl sites for hydroxylation is 1. The number of aliphatic hydroxyl groups excluding tert-OH is 1. The number of fused-ring (bicyclic) bond motifs is 1. The van der Waals surface area contributed by atoms with Gasteiger partial charge in [0, 0.05) is 24.4 Å². The van der Waals surface area contributed by atoms with Gasteiger partial charge in [0.2, 0.25) is 0 Å². The van der Waals surface area contributed by atoms with Crippen LogP contribution in [0.25, 0.3) is 10.9 Å². The number of rotatable bonds is 9. The quantitative estimate of drug-likeness (QED) is 0.570. The highest BCUT2D eigenvalue weighted by Gasteiger charge is 2.09. The van der Waals surface area contributed by atoms with Crippen molar-refractivity contribution in [3.05, 3.63) is 65.9 Å². The van der Waals surface area contributed by atoms with Gasteiger partial charge in [-0.2, -0.15) is 0 Å². The molecule has 0 atom stereocenters. The number of unbranched alkanes of at least 4 members (excludes halogenated alkanes) is 3. The van der Waals surface area contributed by atoms with Crippen LogP contribution >= 0.6 is 0 Å². The van der Waals surface area contributed by atoms with Gasteiger partial charge >= 0.3 is 0 Å². The molecule has 3 nitrogen and oxygen atoms in total. The van der Waals surface area contributed by atoms with Crippen molar-refractivity contribution < 1.29 is 9.84 Å². The van der Waals surface area contributed by atoms with Gasteiger partial charge in [-0.3, -0.25) is 0 Å². The van der Waals surface area contributed by atoms with Crippen molar-refractivity contribution in [2.24, 2.45) is 0 Å². The summed E-state index contributed by atoms with van der Waals surface area (Å²) in [6.07, 6.45) is 5.43. The summed E-state index contributed by atoms with van der Waals surface area (Å²) in [6.45, 7) is 1.18. The first-order chi connectivity index (χ1) is 12.3. The third-order valence-electron chi connectivity index (χ3n) is 4.74. The van der Waals surface area contributed by atoms with E-state index in [-0.39, 0.29) is 0 Å². The first-order valence-corrected chi connectivity index (χ1v) is 9.13. The van der Waals surface area contributed by atoms with E-state index in [0.29, 0.717) is 6.61 Å². The van der Waals surface area contributed by atoms with Crippen LogP contribution in [-0.4, -0.2) is 23.4 Å². The van der Waals surface area contributed by atoms with Crippen LogP contribution in [0, 0.1) is 0 Å². The molecule has 0 radical (unpaired) electrons. The van der Waals surface area contributed by atoms with E-state index in [1.807, 2.05) is 12.1 Å². The fourth-order valence-corrected chi connectivity index (χ4v) is 3.35. The Labute approximate surface area is 149 Å². The van der Waals surface area contributed by atoms with Crippen molar-refractivity contribution in [1.82, 2.24) is 4.57 Å². The topological polar surface area (TPSA) is 34.4 Å². The Bertz CT molecular complexity index is 789. The van der Waals surface area contributed by atoms with Crippen LogP contribution in [0.3, 0.4) is 0 Å². The van der Waals surface area contributed by atoms with E-state index in [2.05, 4.69) is 47.0 Å². The summed E-state index contributed by atoms with van der Waals surface area (Å²) >= 11 is 0. The zero-order valence-electron chi connectivity index (χ0n) is 14.9. The third kappa shape index (κ3) is 4.43. The summed E-state index contributed by atoms with van der Waals surface area (Å²) < 4.78 is 7.69.